The highest BCUT2D eigenvalue weighted by Crippen LogP contribution is 2.26. The van der Waals surface area contributed by atoms with Gasteiger partial charge in [-0.15, -0.1) is 0 Å². The zero-order valence-electron chi connectivity index (χ0n) is 13.5. The molecular formula is C16H20N6O. The van der Waals surface area contributed by atoms with E-state index in [4.69, 9.17) is 5.26 Å². The Morgan fingerprint density at radius 3 is 2.87 bits per heavy atom. The number of H-pyrrole nitrogens is 1. The molecule has 0 unspecified atom stereocenters. The lowest BCUT2D eigenvalue weighted by Crippen LogP contribution is -2.40. The van der Waals surface area contributed by atoms with Crippen molar-refractivity contribution in [2.45, 2.75) is 18.9 Å². The zero-order valence-corrected chi connectivity index (χ0v) is 13.5. The number of aromatic amines is 1. The van der Waals surface area contributed by atoms with Gasteiger partial charge in [0.05, 0.1) is 17.9 Å². The molecule has 2 atom stereocenters. The SMILES string of the molecule is Cc1[nH]c(C#N)cc1C(=O)N[C@@H]1CN(C)C[C@H]1c1cncn1C. The Kier molecular flexibility index (Phi) is 3.92. The topological polar surface area (TPSA) is 89.7 Å². The first kappa shape index (κ1) is 15.3. The molecule has 0 aromatic carbocycles. The van der Waals surface area contributed by atoms with Gasteiger partial charge in [0, 0.05) is 43.6 Å². The number of nitrogens with one attached hydrogen (secondary N) is 2. The number of aromatic nitrogens is 3. The van der Waals surface area contributed by atoms with Crippen LogP contribution < -0.4 is 5.32 Å². The molecule has 2 aromatic rings. The summed E-state index contributed by atoms with van der Waals surface area (Å²) in [6.45, 7) is 3.46. The van der Waals surface area contributed by atoms with Gasteiger partial charge in [-0.25, -0.2) is 4.98 Å². The van der Waals surface area contributed by atoms with E-state index in [0.717, 1.165) is 18.8 Å². The first-order chi connectivity index (χ1) is 11.0. The van der Waals surface area contributed by atoms with E-state index in [1.165, 1.54) is 0 Å². The van der Waals surface area contributed by atoms with Crippen LogP contribution in [0.3, 0.4) is 0 Å². The van der Waals surface area contributed by atoms with E-state index in [1.807, 2.05) is 30.9 Å². The summed E-state index contributed by atoms with van der Waals surface area (Å²) in [4.78, 5) is 21.9. The highest BCUT2D eigenvalue weighted by atomic mass is 16.1. The van der Waals surface area contributed by atoms with E-state index in [9.17, 15) is 4.79 Å². The van der Waals surface area contributed by atoms with Gasteiger partial charge in [0.2, 0.25) is 0 Å². The summed E-state index contributed by atoms with van der Waals surface area (Å²) >= 11 is 0. The van der Waals surface area contributed by atoms with Crippen LogP contribution in [0.4, 0.5) is 0 Å². The van der Waals surface area contributed by atoms with Crippen molar-refractivity contribution in [2.75, 3.05) is 20.1 Å². The number of aryl methyl sites for hydroxylation is 2. The Bertz CT molecular complexity index is 768. The molecule has 23 heavy (non-hydrogen) atoms. The Morgan fingerprint density at radius 2 is 2.26 bits per heavy atom. The Balaban J connectivity index is 1.80. The minimum atomic E-state index is -0.146. The number of nitrogens with zero attached hydrogens (tertiary/aromatic N) is 4. The molecule has 7 nitrogen and oxygen atoms in total. The normalized spacial score (nSPS) is 21.3. The Morgan fingerprint density at radius 1 is 1.48 bits per heavy atom. The average Bonchev–Trinajstić information content (AvgIpc) is 3.18. The van der Waals surface area contributed by atoms with Crippen molar-refractivity contribution in [3.05, 3.63) is 41.2 Å². The highest BCUT2D eigenvalue weighted by Gasteiger charge is 2.35. The van der Waals surface area contributed by atoms with Gasteiger partial charge in [0.1, 0.15) is 11.8 Å². The summed E-state index contributed by atoms with van der Waals surface area (Å²) in [7, 11) is 4.01. The quantitative estimate of drug-likeness (QED) is 0.875. The van der Waals surface area contributed by atoms with Crippen LogP contribution in [0.25, 0.3) is 0 Å². The third-order valence-electron chi connectivity index (χ3n) is 4.43. The van der Waals surface area contributed by atoms with E-state index < -0.39 is 0 Å². The molecule has 0 aliphatic carbocycles. The highest BCUT2D eigenvalue weighted by molar-refractivity contribution is 5.96. The number of amides is 1. The molecule has 1 saturated heterocycles. The standard InChI is InChI=1S/C16H20N6O/c1-10-12(4-11(5-17)19-10)16(23)20-14-8-21(2)7-13(14)15-6-18-9-22(15)3/h4,6,9,13-14,19H,7-8H2,1-3H3,(H,20,23)/t13-,14-/m1/s1. The zero-order chi connectivity index (χ0) is 16.6. The van der Waals surface area contributed by atoms with Crippen molar-refractivity contribution in [1.29, 1.82) is 5.26 Å². The summed E-state index contributed by atoms with van der Waals surface area (Å²) in [5, 5.41) is 12.1. The van der Waals surface area contributed by atoms with Crippen LogP contribution >= 0.6 is 0 Å². The molecule has 1 amide bonds. The molecule has 0 radical (unpaired) electrons. The maximum atomic E-state index is 12.6. The van der Waals surface area contributed by atoms with Crippen molar-refractivity contribution >= 4 is 5.91 Å². The summed E-state index contributed by atoms with van der Waals surface area (Å²) in [5.41, 5.74) is 2.75. The lowest BCUT2D eigenvalue weighted by molar-refractivity contribution is 0.0935. The van der Waals surface area contributed by atoms with Crippen molar-refractivity contribution in [2.24, 2.45) is 7.05 Å². The summed E-state index contributed by atoms with van der Waals surface area (Å²) in [5.74, 6) is 0.0545. The number of rotatable bonds is 3. The number of carbonyl (C=O) groups is 1. The van der Waals surface area contributed by atoms with E-state index in [0.29, 0.717) is 17.0 Å². The van der Waals surface area contributed by atoms with Gasteiger partial charge >= 0.3 is 0 Å². The van der Waals surface area contributed by atoms with E-state index in [1.54, 1.807) is 19.3 Å². The number of nitriles is 1. The molecule has 0 bridgehead atoms. The summed E-state index contributed by atoms with van der Waals surface area (Å²) in [6.07, 6.45) is 3.64. The maximum Gasteiger partial charge on any atom is 0.253 e. The molecule has 1 aliphatic heterocycles. The second-order valence-corrected chi connectivity index (χ2v) is 6.17. The molecule has 0 spiro atoms. The first-order valence-corrected chi connectivity index (χ1v) is 7.55. The number of carbonyl (C=O) groups excluding carboxylic acids is 1. The summed E-state index contributed by atoms with van der Waals surface area (Å²) in [6, 6.07) is 3.64. The predicted octanol–water partition coefficient (Wildman–Crippen LogP) is 0.756. The molecule has 1 aliphatic rings. The van der Waals surface area contributed by atoms with Gasteiger partial charge in [0.15, 0.2) is 0 Å². The largest absolute Gasteiger partial charge is 0.350 e. The lowest BCUT2D eigenvalue weighted by Gasteiger charge is -2.20. The minimum absolute atomic E-state index is 0.0164. The second kappa shape index (κ2) is 5.89. The van der Waals surface area contributed by atoms with Crippen molar-refractivity contribution in [3.8, 4) is 6.07 Å². The van der Waals surface area contributed by atoms with Crippen molar-refractivity contribution in [3.63, 3.8) is 0 Å². The third-order valence-corrected chi connectivity index (χ3v) is 4.43. The van der Waals surface area contributed by atoms with Gasteiger partial charge in [-0.1, -0.05) is 0 Å². The van der Waals surface area contributed by atoms with Crippen LogP contribution in [0.5, 0.6) is 0 Å². The van der Waals surface area contributed by atoms with Gasteiger partial charge in [-0.2, -0.15) is 5.26 Å². The van der Waals surface area contributed by atoms with Gasteiger partial charge < -0.3 is 19.8 Å². The molecule has 2 aromatic heterocycles. The second-order valence-electron chi connectivity index (χ2n) is 6.17. The Labute approximate surface area is 134 Å². The molecule has 120 valence electrons. The predicted molar refractivity (Wildman–Crippen MR) is 84.9 cm³/mol. The van der Waals surface area contributed by atoms with Crippen molar-refractivity contribution in [1.82, 2.24) is 24.8 Å². The lowest BCUT2D eigenvalue weighted by atomic mass is 9.99. The molecule has 7 heteroatoms. The number of hydrogen-bond acceptors (Lipinski definition) is 4. The van der Waals surface area contributed by atoms with Gasteiger partial charge in [-0.05, 0) is 20.0 Å². The fraction of sp³-hybridized carbons (Fsp3) is 0.438. The Hall–Kier alpha value is -2.59. The van der Waals surface area contributed by atoms with Gasteiger partial charge in [0.25, 0.3) is 5.91 Å². The molecular weight excluding hydrogens is 292 g/mol. The van der Waals surface area contributed by atoms with Crippen LogP contribution in [-0.2, 0) is 7.05 Å². The molecule has 0 saturated carbocycles. The smallest absolute Gasteiger partial charge is 0.253 e. The van der Waals surface area contributed by atoms with Crippen LogP contribution in [-0.4, -0.2) is 51.5 Å². The molecule has 3 rings (SSSR count). The fourth-order valence-corrected chi connectivity index (χ4v) is 3.27. The molecule has 2 N–H and O–H groups in total. The van der Waals surface area contributed by atoms with E-state index in [2.05, 4.69) is 20.2 Å². The van der Waals surface area contributed by atoms with E-state index >= 15 is 0 Å². The first-order valence-electron chi connectivity index (χ1n) is 7.55. The average molecular weight is 312 g/mol. The van der Waals surface area contributed by atoms with Gasteiger partial charge in [-0.3, -0.25) is 4.79 Å². The maximum absolute atomic E-state index is 12.6. The number of likely N-dealkylation sites (N-methyl/N-ethyl adjacent to an activating group) is 1. The molecule has 3 heterocycles. The summed E-state index contributed by atoms with van der Waals surface area (Å²) < 4.78 is 2.00. The van der Waals surface area contributed by atoms with Crippen LogP contribution in [0.1, 0.15) is 33.4 Å². The molecule has 1 fully saturated rings. The van der Waals surface area contributed by atoms with E-state index in [-0.39, 0.29) is 17.9 Å². The third kappa shape index (κ3) is 2.85. The number of likely N-dealkylation sites (tertiary alicyclic amines) is 1. The number of hydrogen-bond donors (Lipinski definition) is 2. The van der Waals surface area contributed by atoms with Crippen LogP contribution in [0.15, 0.2) is 18.6 Å². The minimum Gasteiger partial charge on any atom is -0.350 e. The van der Waals surface area contributed by atoms with Crippen LogP contribution in [0.2, 0.25) is 0 Å². The van der Waals surface area contributed by atoms with Crippen molar-refractivity contribution < 1.29 is 4.79 Å². The van der Waals surface area contributed by atoms with Crippen LogP contribution in [0, 0.1) is 18.3 Å². The fourth-order valence-electron chi connectivity index (χ4n) is 3.27. The number of imidazole rings is 1. The monoisotopic (exact) mass is 312 g/mol.